The van der Waals surface area contributed by atoms with Gasteiger partial charge in [0.15, 0.2) is 37.7 Å². The van der Waals surface area contributed by atoms with E-state index < -0.39 is 229 Å². The van der Waals surface area contributed by atoms with Gasteiger partial charge in [0, 0.05) is 13.8 Å². The lowest BCUT2D eigenvalue weighted by atomic mass is 9.94. The Bertz CT molecular complexity index is 1730. The van der Waals surface area contributed by atoms with E-state index in [1.54, 1.807) is 0 Å². The summed E-state index contributed by atoms with van der Waals surface area (Å²) in [5, 5.41) is 186. The van der Waals surface area contributed by atoms with E-state index in [0.717, 1.165) is 13.8 Å². The van der Waals surface area contributed by atoms with Crippen LogP contribution in [0, 0.1) is 0 Å². The van der Waals surface area contributed by atoms with Crippen molar-refractivity contribution in [2.45, 2.75) is 205 Å². The predicted molar refractivity (Wildman–Crippen MR) is 221 cm³/mol. The fraction of sp³-hybridized carbons (Fsp3) is 0.950. The van der Waals surface area contributed by atoms with E-state index in [2.05, 4.69) is 10.6 Å². The standard InChI is InChI=1S/C40H68N2O30/c1-9-19(48)25(54)28(57)37(64-9)63-8-16-33(23(52)17(35(61)65-16)41-10(2)46)70-36-18(42-11(3)47)24(53)32(14(6-45)68-36)71-40-31(60)34(72-39-30(59)27(56)21(50)13(5-44)67-39)22(51)15(69-40)7-62-38-29(58)26(55)20(49)12(4-43)66-38/h9,12-40,43-45,48-61H,4-8H2,1-3H3,(H,41,46)(H,42,47)/t9-,12+,13+,14+,15+,16+,17+,18+,19+,20+,21+,22+,23+,24+,25+,26-,27-,28-,29-,30-,31-,32+,33+,34-,35?,36?,37?,38?,39?,40?/m0/s1. The smallest absolute Gasteiger partial charge is 0.217 e. The summed E-state index contributed by atoms with van der Waals surface area (Å²) in [6.07, 6.45) is -51.4. The van der Waals surface area contributed by atoms with Gasteiger partial charge in [0.1, 0.15) is 140 Å². The summed E-state index contributed by atoms with van der Waals surface area (Å²) in [7, 11) is 0. The molecule has 0 spiro atoms. The van der Waals surface area contributed by atoms with Gasteiger partial charge in [-0.25, -0.2) is 0 Å². The van der Waals surface area contributed by atoms with E-state index >= 15 is 0 Å². The minimum Gasteiger partial charge on any atom is -0.394 e. The highest BCUT2D eigenvalue weighted by molar-refractivity contribution is 5.73. The van der Waals surface area contributed by atoms with Crippen molar-refractivity contribution in [1.29, 1.82) is 0 Å². The minimum atomic E-state index is -2.23. The second-order valence-corrected chi connectivity index (χ2v) is 18.3. The van der Waals surface area contributed by atoms with Crippen LogP contribution in [0.4, 0.5) is 0 Å². The van der Waals surface area contributed by atoms with Gasteiger partial charge in [0.25, 0.3) is 0 Å². The molecule has 0 aromatic carbocycles. The Morgan fingerprint density at radius 3 is 1.35 bits per heavy atom. The average Bonchev–Trinajstić information content (AvgIpc) is 3.34. The third-order valence-electron chi connectivity index (χ3n) is 13.2. The monoisotopic (exact) mass is 1060 g/mol. The number of aliphatic hydroxyl groups excluding tert-OH is 17. The van der Waals surface area contributed by atoms with Gasteiger partial charge in [-0.15, -0.1) is 0 Å². The lowest BCUT2D eigenvalue weighted by molar-refractivity contribution is -0.384. The zero-order valence-electron chi connectivity index (χ0n) is 38.8. The molecule has 6 heterocycles. The van der Waals surface area contributed by atoms with Gasteiger partial charge in [-0.3, -0.25) is 9.59 Å². The van der Waals surface area contributed by atoms with Crippen molar-refractivity contribution >= 4 is 11.8 Å². The van der Waals surface area contributed by atoms with Gasteiger partial charge < -0.3 is 150 Å². The number of nitrogens with one attached hydrogen (secondary N) is 2. The molecule has 0 radical (unpaired) electrons. The first-order chi connectivity index (χ1) is 33.9. The molecule has 32 nitrogen and oxygen atoms in total. The first kappa shape index (κ1) is 59.1. The number of hydrogen-bond donors (Lipinski definition) is 19. The van der Waals surface area contributed by atoms with Crippen LogP contribution < -0.4 is 10.6 Å². The Hall–Kier alpha value is -2.18. The van der Waals surface area contributed by atoms with Crippen molar-refractivity contribution in [1.82, 2.24) is 10.6 Å². The molecule has 6 aliphatic heterocycles. The summed E-state index contributed by atoms with van der Waals surface area (Å²) in [6, 6.07) is -3.40. The van der Waals surface area contributed by atoms with Crippen LogP contribution in [0.15, 0.2) is 0 Å². The van der Waals surface area contributed by atoms with Gasteiger partial charge in [-0.2, -0.15) is 0 Å². The number of hydrogen-bond acceptors (Lipinski definition) is 30. The highest BCUT2D eigenvalue weighted by Crippen LogP contribution is 2.36. The lowest BCUT2D eigenvalue weighted by Crippen LogP contribution is -2.70. The largest absolute Gasteiger partial charge is 0.394 e. The molecular weight excluding hydrogens is 988 g/mol. The Kier molecular flexibility index (Phi) is 20.8. The maximum Gasteiger partial charge on any atom is 0.217 e. The molecule has 0 aliphatic carbocycles. The fourth-order valence-electron chi connectivity index (χ4n) is 9.06. The molecule has 32 heteroatoms. The van der Waals surface area contributed by atoms with Crippen LogP contribution in [-0.2, 0) is 61.7 Å². The Morgan fingerprint density at radius 1 is 0.389 bits per heavy atom. The summed E-state index contributed by atoms with van der Waals surface area (Å²) in [6.45, 7) is -1.00. The Morgan fingerprint density at radius 2 is 0.792 bits per heavy atom. The summed E-state index contributed by atoms with van der Waals surface area (Å²) in [4.78, 5) is 24.8. The molecule has 19 N–H and O–H groups in total. The molecule has 6 aliphatic rings. The number of carbonyl (C=O) groups excluding carboxylic acids is 2. The SMILES string of the molecule is CC(=O)N[C@H]1C(O)O[C@H](COC2O[C@@H](C)[C@@H](O)[C@@H](O)[C@@H]2O)[C@@H](OC2O[C@H](CO)[C@@H](OC3O[C@H](COC4O[C@H](CO)[C@@H](O)[C@H](O)[C@@H]4O)[C@@H](O)[C@H](OC4O[C@H](CO)[C@@H](O)[C@H](O)[C@@H]4O)[C@@H]3O)[C@H](O)[C@H]2NC(C)=O)[C@@H]1O. The zero-order chi connectivity index (χ0) is 53.2. The van der Waals surface area contributed by atoms with Crippen LogP contribution in [0.2, 0.25) is 0 Å². The average molecular weight is 1060 g/mol. The molecule has 30 atom stereocenters. The maximum atomic E-state index is 12.7. The van der Waals surface area contributed by atoms with E-state index in [1.165, 1.54) is 6.92 Å². The van der Waals surface area contributed by atoms with E-state index in [-0.39, 0.29) is 0 Å². The van der Waals surface area contributed by atoms with Crippen LogP contribution >= 0.6 is 0 Å². The zero-order valence-corrected chi connectivity index (χ0v) is 38.8. The van der Waals surface area contributed by atoms with Crippen LogP contribution in [-0.4, -0.2) is 316 Å². The van der Waals surface area contributed by atoms with Crippen LogP contribution in [0.3, 0.4) is 0 Å². The van der Waals surface area contributed by atoms with Crippen molar-refractivity contribution in [3.63, 3.8) is 0 Å². The number of ether oxygens (including phenoxy) is 11. The molecule has 72 heavy (non-hydrogen) atoms. The molecule has 6 saturated heterocycles. The summed E-state index contributed by atoms with van der Waals surface area (Å²) < 4.78 is 62.8. The lowest BCUT2D eigenvalue weighted by Gasteiger charge is -2.50. The van der Waals surface area contributed by atoms with Crippen LogP contribution in [0.1, 0.15) is 20.8 Å². The van der Waals surface area contributed by atoms with Gasteiger partial charge in [0.2, 0.25) is 11.8 Å². The van der Waals surface area contributed by atoms with E-state index in [0.29, 0.717) is 0 Å². The van der Waals surface area contributed by atoms with Crippen LogP contribution in [0.5, 0.6) is 0 Å². The molecule has 0 aromatic rings. The van der Waals surface area contributed by atoms with Crippen molar-refractivity contribution in [2.24, 2.45) is 0 Å². The fourth-order valence-corrected chi connectivity index (χ4v) is 9.06. The van der Waals surface area contributed by atoms with Crippen LogP contribution in [0.25, 0.3) is 0 Å². The molecule has 6 fully saturated rings. The first-order valence-electron chi connectivity index (χ1n) is 23.0. The summed E-state index contributed by atoms with van der Waals surface area (Å²) in [5.74, 6) is -1.60. The van der Waals surface area contributed by atoms with Crippen molar-refractivity contribution < 1.29 is 149 Å². The highest BCUT2D eigenvalue weighted by Gasteiger charge is 2.57. The molecule has 0 bridgehead atoms. The van der Waals surface area contributed by atoms with Gasteiger partial charge in [0.05, 0.1) is 39.1 Å². The molecule has 6 unspecified atom stereocenters. The quantitative estimate of drug-likeness (QED) is 0.0643. The van der Waals surface area contributed by atoms with Crippen molar-refractivity contribution in [3.05, 3.63) is 0 Å². The summed E-state index contributed by atoms with van der Waals surface area (Å²) >= 11 is 0. The van der Waals surface area contributed by atoms with E-state index in [4.69, 9.17) is 52.1 Å². The third kappa shape index (κ3) is 12.8. The number of aliphatic hydroxyl groups is 17. The summed E-state index contributed by atoms with van der Waals surface area (Å²) in [5.41, 5.74) is 0. The van der Waals surface area contributed by atoms with Gasteiger partial charge in [-0.05, 0) is 6.92 Å². The Labute approximate surface area is 408 Å². The second kappa shape index (κ2) is 25.3. The predicted octanol–water partition coefficient (Wildman–Crippen LogP) is -12.8. The number of carbonyl (C=O) groups is 2. The number of rotatable bonds is 17. The topological polar surface area (TPSA) is 504 Å². The normalized spacial score (nSPS) is 50.3. The molecule has 0 aromatic heterocycles. The molecule has 2 amide bonds. The number of amides is 2. The Balaban J connectivity index is 1.26. The van der Waals surface area contributed by atoms with Crippen molar-refractivity contribution in [3.8, 4) is 0 Å². The molecule has 0 saturated carbocycles. The van der Waals surface area contributed by atoms with Gasteiger partial charge >= 0.3 is 0 Å². The highest BCUT2D eigenvalue weighted by atomic mass is 16.8. The maximum absolute atomic E-state index is 12.7. The van der Waals surface area contributed by atoms with E-state index in [1.807, 2.05) is 0 Å². The minimum absolute atomic E-state index is 0.728. The second-order valence-electron chi connectivity index (χ2n) is 18.3. The molecule has 418 valence electrons. The van der Waals surface area contributed by atoms with Crippen molar-refractivity contribution in [2.75, 3.05) is 33.0 Å². The molecule has 6 rings (SSSR count). The first-order valence-corrected chi connectivity index (χ1v) is 23.0. The van der Waals surface area contributed by atoms with E-state index in [9.17, 15) is 96.4 Å². The third-order valence-corrected chi connectivity index (χ3v) is 13.2. The van der Waals surface area contributed by atoms with Gasteiger partial charge in [-0.1, -0.05) is 0 Å². The molecular formula is C40H68N2O30.